The summed E-state index contributed by atoms with van der Waals surface area (Å²) < 4.78 is 12.9. The van der Waals surface area contributed by atoms with Crippen LogP contribution in [0.5, 0.6) is 11.5 Å². The van der Waals surface area contributed by atoms with Crippen LogP contribution in [-0.4, -0.2) is 22.8 Å². The van der Waals surface area contributed by atoms with Crippen molar-refractivity contribution >= 4 is 16.9 Å². The second-order valence-corrected chi connectivity index (χ2v) is 5.24. The molecule has 1 heterocycles. The molecule has 23 heavy (non-hydrogen) atoms. The van der Waals surface area contributed by atoms with Gasteiger partial charge in [-0.15, -0.1) is 0 Å². The molecule has 1 aromatic heterocycles. The van der Waals surface area contributed by atoms with Crippen LogP contribution in [0.1, 0.15) is 16.1 Å². The van der Waals surface area contributed by atoms with Gasteiger partial charge in [0.1, 0.15) is 18.1 Å². The fourth-order valence-electron chi connectivity index (χ4n) is 2.51. The molecular weight excluding hydrogens is 294 g/mol. The summed E-state index contributed by atoms with van der Waals surface area (Å²) >= 11 is 0. The Hall–Kier alpha value is -2.95. The van der Waals surface area contributed by atoms with Crippen LogP contribution >= 0.6 is 0 Å². The van der Waals surface area contributed by atoms with Crippen LogP contribution in [-0.2, 0) is 13.7 Å². The predicted octanol–water partition coefficient (Wildman–Crippen LogP) is 3.46. The maximum absolute atomic E-state index is 11.1. The van der Waals surface area contributed by atoms with Crippen LogP contribution < -0.4 is 9.47 Å². The lowest BCUT2D eigenvalue weighted by molar-refractivity contribution is 0.0697. The highest BCUT2D eigenvalue weighted by atomic mass is 16.5. The fourth-order valence-corrected chi connectivity index (χ4v) is 2.51. The summed E-state index contributed by atoms with van der Waals surface area (Å²) in [5.74, 6) is 0.536. The number of aromatic nitrogens is 1. The molecule has 0 amide bonds. The van der Waals surface area contributed by atoms with Crippen molar-refractivity contribution in [2.45, 2.75) is 6.61 Å². The van der Waals surface area contributed by atoms with Gasteiger partial charge in [0.05, 0.1) is 18.4 Å². The lowest BCUT2D eigenvalue weighted by Gasteiger charge is -2.09. The third-order valence-corrected chi connectivity index (χ3v) is 3.82. The van der Waals surface area contributed by atoms with Crippen LogP contribution in [0.25, 0.3) is 10.9 Å². The molecule has 5 nitrogen and oxygen atoms in total. The monoisotopic (exact) mass is 311 g/mol. The summed E-state index contributed by atoms with van der Waals surface area (Å²) in [6.45, 7) is 0.390. The zero-order valence-corrected chi connectivity index (χ0v) is 12.9. The summed E-state index contributed by atoms with van der Waals surface area (Å²) in [6, 6.07) is 14.5. The van der Waals surface area contributed by atoms with E-state index in [0.717, 1.165) is 28.1 Å². The molecule has 0 fully saturated rings. The van der Waals surface area contributed by atoms with Gasteiger partial charge in [0.25, 0.3) is 0 Å². The number of ether oxygens (including phenoxy) is 2. The van der Waals surface area contributed by atoms with Crippen LogP contribution in [0.3, 0.4) is 0 Å². The lowest BCUT2D eigenvalue weighted by atomic mass is 10.1. The molecule has 0 saturated carbocycles. The second kappa shape index (κ2) is 6.04. The Morgan fingerprint density at radius 3 is 2.65 bits per heavy atom. The Kier molecular flexibility index (Phi) is 3.93. The van der Waals surface area contributed by atoms with E-state index in [2.05, 4.69) is 0 Å². The number of carbonyl (C=O) groups is 1. The molecule has 5 heteroatoms. The number of carboxylic acids is 1. The van der Waals surface area contributed by atoms with E-state index in [1.807, 2.05) is 48.0 Å². The third kappa shape index (κ3) is 2.99. The highest BCUT2D eigenvalue weighted by molar-refractivity contribution is 5.93. The number of carboxylic acid groups (broad SMARTS) is 1. The van der Waals surface area contributed by atoms with Crippen molar-refractivity contribution in [3.8, 4) is 11.5 Å². The molecule has 0 aliphatic heterocycles. The van der Waals surface area contributed by atoms with Crippen molar-refractivity contribution in [3.05, 3.63) is 59.8 Å². The fraction of sp³-hybridized carbons (Fsp3) is 0.167. The molecule has 0 saturated heterocycles. The van der Waals surface area contributed by atoms with E-state index in [0.29, 0.717) is 6.61 Å². The maximum atomic E-state index is 11.1. The zero-order valence-electron chi connectivity index (χ0n) is 12.9. The SMILES string of the molecule is COc1cccc(OCc2cc3ccc(C(=O)O)cc3n2C)c1. The van der Waals surface area contributed by atoms with Crippen LogP contribution in [0, 0.1) is 0 Å². The molecule has 3 aromatic rings. The highest BCUT2D eigenvalue weighted by Gasteiger charge is 2.10. The Morgan fingerprint density at radius 2 is 1.91 bits per heavy atom. The van der Waals surface area contributed by atoms with Crippen molar-refractivity contribution in [2.24, 2.45) is 7.05 Å². The molecule has 0 atom stereocenters. The summed E-state index contributed by atoms with van der Waals surface area (Å²) in [6.07, 6.45) is 0. The molecule has 0 radical (unpaired) electrons. The van der Waals surface area contributed by atoms with E-state index in [9.17, 15) is 4.79 Å². The maximum Gasteiger partial charge on any atom is 0.335 e. The molecule has 0 unspecified atom stereocenters. The predicted molar refractivity (Wildman–Crippen MR) is 87.2 cm³/mol. The van der Waals surface area contributed by atoms with Gasteiger partial charge in [-0.05, 0) is 30.3 Å². The minimum atomic E-state index is -0.928. The number of methoxy groups -OCH3 is 1. The van der Waals surface area contributed by atoms with E-state index in [-0.39, 0.29) is 5.56 Å². The number of nitrogens with zero attached hydrogens (tertiary/aromatic N) is 1. The standard InChI is InChI=1S/C18H17NO4/c1-19-14(11-23-16-5-3-4-15(10-16)22-2)8-12-6-7-13(18(20)21)9-17(12)19/h3-10H,11H2,1-2H3,(H,20,21). The molecule has 0 bridgehead atoms. The highest BCUT2D eigenvalue weighted by Crippen LogP contribution is 2.23. The molecule has 2 aromatic carbocycles. The molecular formula is C18H17NO4. The van der Waals surface area contributed by atoms with Crippen molar-refractivity contribution in [2.75, 3.05) is 7.11 Å². The number of benzene rings is 2. The van der Waals surface area contributed by atoms with Gasteiger partial charge in [-0.25, -0.2) is 4.79 Å². The molecule has 1 N–H and O–H groups in total. The van der Waals surface area contributed by atoms with Crippen molar-refractivity contribution < 1.29 is 19.4 Å². The van der Waals surface area contributed by atoms with Gasteiger partial charge in [-0.2, -0.15) is 0 Å². The Labute approximate surface area is 133 Å². The number of fused-ring (bicyclic) bond motifs is 1. The minimum Gasteiger partial charge on any atom is -0.497 e. The van der Waals surface area contributed by atoms with E-state index in [4.69, 9.17) is 14.6 Å². The Morgan fingerprint density at radius 1 is 1.13 bits per heavy atom. The quantitative estimate of drug-likeness (QED) is 0.784. The van der Waals surface area contributed by atoms with Gasteiger partial charge in [0.15, 0.2) is 0 Å². The Balaban J connectivity index is 1.85. The number of rotatable bonds is 5. The van der Waals surface area contributed by atoms with Crippen molar-refractivity contribution in [1.29, 1.82) is 0 Å². The van der Waals surface area contributed by atoms with Gasteiger partial charge < -0.3 is 19.1 Å². The first kappa shape index (κ1) is 15.0. The van der Waals surface area contributed by atoms with E-state index >= 15 is 0 Å². The Bertz CT molecular complexity index is 867. The van der Waals surface area contributed by atoms with Gasteiger partial charge in [-0.1, -0.05) is 12.1 Å². The summed E-state index contributed by atoms with van der Waals surface area (Å²) in [5, 5.41) is 10.1. The second-order valence-electron chi connectivity index (χ2n) is 5.24. The average Bonchev–Trinajstić information content (AvgIpc) is 2.89. The molecule has 118 valence electrons. The van der Waals surface area contributed by atoms with E-state index in [1.54, 1.807) is 19.2 Å². The van der Waals surface area contributed by atoms with Crippen molar-refractivity contribution in [3.63, 3.8) is 0 Å². The lowest BCUT2D eigenvalue weighted by Crippen LogP contribution is -2.02. The van der Waals surface area contributed by atoms with Gasteiger partial charge in [0, 0.05) is 24.0 Å². The summed E-state index contributed by atoms with van der Waals surface area (Å²) in [4.78, 5) is 11.1. The van der Waals surface area contributed by atoms with Gasteiger partial charge in [0.2, 0.25) is 0 Å². The number of aryl methyl sites for hydroxylation is 1. The smallest absolute Gasteiger partial charge is 0.335 e. The third-order valence-electron chi connectivity index (χ3n) is 3.82. The first-order chi connectivity index (χ1) is 11.1. The van der Waals surface area contributed by atoms with Crippen LogP contribution in [0.4, 0.5) is 0 Å². The van der Waals surface area contributed by atoms with Crippen LogP contribution in [0.2, 0.25) is 0 Å². The molecule has 0 aliphatic carbocycles. The number of aromatic carboxylic acids is 1. The molecule has 0 aliphatic rings. The largest absolute Gasteiger partial charge is 0.497 e. The van der Waals surface area contributed by atoms with E-state index < -0.39 is 5.97 Å². The normalized spacial score (nSPS) is 10.7. The van der Waals surface area contributed by atoms with Crippen LogP contribution in [0.15, 0.2) is 48.5 Å². The summed E-state index contributed by atoms with van der Waals surface area (Å²) in [5.41, 5.74) is 2.11. The number of hydrogen-bond donors (Lipinski definition) is 1. The van der Waals surface area contributed by atoms with Crippen molar-refractivity contribution in [1.82, 2.24) is 4.57 Å². The molecule has 0 spiro atoms. The first-order valence-corrected chi connectivity index (χ1v) is 7.17. The van der Waals surface area contributed by atoms with Gasteiger partial charge in [-0.3, -0.25) is 0 Å². The van der Waals surface area contributed by atoms with Gasteiger partial charge >= 0.3 is 5.97 Å². The van der Waals surface area contributed by atoms with E-state index in [1.165, 1.54) is 0 Å². The molecule has 3 rings (SSSR count). The summed E-state index contributed by atoms with van der Waals surface area (Å²) in [7, 11) is 3.52. The number of hydrogen-bond acceptors (Lipinski definition) is 3. The topological polar surface area (TPSA) is 60.7 Å². The zero-order chi connectivity index (χ0) is 16.4. The average molecular weight is 311 g/mol. The first-order valence-electron chi connectivity index (χ1n) is 7.17. The minimum absolute atomic E-state index is 0.277.